The summed E-state index contributed by atoms with van der Waals surface area (Å²) < 4.78 is 16.9. The van der Waals surface area contributed by atoms with Crippen LogP contribution in [0.5, 0.6) is 0 Å². The van der Waals surface area contributed by atoms with Crippen molar-refractivity contribution in [1.29, 1.82) is 0 Å². The number of halogens is 1. The van der Waals surface area contributed by atoms with E-state index < -0.39 is 0 Å². The van der Waals surface area contributed by atoms with Crippen LogP contribution in [0.3, 0.4) is 0 Å². The van der Waals surface area contributed by atoms with E-state index >= 15 is 4.39 Å². The number of likely N-dealkylation sites (N-methyl/N-ethyl adjacent to an activating group) is 1. The van der Waals surface area contributed by atoms with Crippen molar-refractivity contribution in [3.05, 3.63) is 47.8 Å². The number of carbonyl (C=O) groups excluding carboxylic acids is 1. The summed E-state index contributed by atoms with van der Waals surface area (Å²) in [5, 5.41) is 3.21. The minimum atomic E-state index is -0.381. The summed E-state index contributed by atoms with van der Waals surface area (Å²) >= 11 is 0. The Kier molecular flexibility index (Phi) is 4.09. The zero-order chi connectivity index (χ0) is 20.1. The number of aromatic nitrogens is 3. The Labute approximate surface area is 166 Å². The third kappa shape index (κ3) is 2.79. The van der Waals surface area contributed by atoms with Crippen LogP contribution in [-0.4, -0.2) is 65.5 Å². The molecule has 0 saturated carbocycles. The predicted molar refractivity (Wildman–Crippen MR) is 111 cm³/mol. The van der Waals surface area contributed by atoms with Gasteiger partial charge in [-0.2, -0.15) is 0 Å². The molecule has 29 heavy (non-hydrogen) atoms. The van der Waals surface area contributed by atoms with Crippen LogP contribution in [0.15, 0.2) is 36.4 Å². The number of amides is 1. The molecule has 0 unspecified atom stereocenters. The van der Waals surface area contributed by atoms with Crippen LogP contribution >= 0.6 is 0 Å². The lowest BCUT2D eigenvalue weighted by atomic mass is 10.1. The molecule has 1 N–H and O–H groups in total. The second-order valence-electron chi connectivity index (χ2n) is 7.39. The Morgan fingerprint density at radius 1 is 1.07 bits per heavy atom. The number of nitrogens with one attached hydrogen (secondary N) is 1. The van der Waals surface area contributed by atoms with Crippen molar-refractivity contribution in [2.24, 2.45) is 0 Å². The number of piperazine rings is 1. The summed E-state index contributed by atoms with van der Waals surface area (Å²) in [6, 6.07) is 10.8. The van der Waals surface area contributed by atoms with Crippen LogP contribution in [-0.2, 0) is 0 Å². The smallest absolute Gasteiger partial charge is 0.254 e. The summed E-state index contributed by atoms with van der Waals surface area (Å²) in [6.07, 6.45) is 0. The Bertz CT molecular complexity index is 1260. The van der Waals surface area contributed by atoms with Crippen molar-refractivity contribution in [1.82, 2.24) is 24.6 Å². The monoisotopic (exact) mass is 392 g/mol. The Morgan fingerprint density at radius 2 is 1.83 bits per heavy atom. The summed E-state index contributed by atoms with van der Waals surface area (Å²) in [5.74, 6) is -0.304. The number of para-hydroxylation sites is 2. The molecule has 1 aromatic carbocycles. The van der Waals surface area contributed by atoms with Gasteiger partial charge < -0.3 is 15.1 Å². The van der Waals surface area contributed by atoms with Gasteiger partial charge in [-0.3, -0.25) is 9.20 Å². The average molecular weight is 392 g/mol. The Morgan fingerprint density at radius 3 is 2.59 bits per heavy atom. The van der Waals surface area contributed by atoms with Crippen LogP contribution in [0, 0.1) is 5.82 Å². The van der Waals surface area contributed by atoms with Crippen molar-refractivity contribution >= 4 is 39.4 Å². The molecule has 1 aliphatic rings. The molecule has 1 aliphatic heterocycles. The summed E-state index contributed by atoms with van der Waals surface area (Å²) in [4.78, 5) is 26.1. The van der Waals surface area contributed by atoms with Gasteiger partial charge in [0.25, 0.3) is 5.91 Å². The molecule has 0 bridgehead atoms. The first-order chi connectivity index (χ1) is 14.1. The number of carbonyl (C=O) groups is 1. The van der Waals surface area contributed by atoms with E-state index in [0.717, 1.165) is 37.2 Å². The third-order valence-electron chi connectivity index (χ3n) is 5.55. The molecule has 4 aromatic rings. The molecule has 4 heterocycles. The quantitative estimate of drug-likeness (QED) is 0.567. The number of benzene rings is 1. The highest BCUT2D eigenvalue weighted by molar-refractivity contribution is 6.05. The molecule has 0 atom stereocenters. The van der Waals surface area contributed by atoms with Gasteiger partial charge in [0.2, 0.25) is 0 Å². The lowest BCUT2D eigenvalue weighted by molar-refractivity contribution is 0.0964. The van der Waals surface area contributed by atoms with Gasteiger partial charge in [0.1, 0.15) is 5.65 Å². The maximum Gasteiger partial charge on any atom is 0.254 e. The van der Waals surface area contributed by atoms with Crippen molar-refractivity contribution in [3.8, 4) is 0 Å². The van der Waals surface area contributed by atoms with E-state index in [1.54, 1.807) is 13.1 Å². The lowest BCUT2D eigenvalue weighted by Crippen LogP contribution is -2.45. The van der Waals surface area contributed by atoms with Crippen molar-refractivity contribution in [2.45, 2.75) is 0 Å². The SMILES string of the molecule is CNC(=O)c1cc2cc(F)c(N3CCN(C)CC3)nc2n2c1nc1ccccc12. The molecule has 1 saturated heterocycles. The number of hydrogen-bond donors (Lipinski definition) is 1. The van der Waals surface area contributed by atoms with E-state index in [4.69, 9.17) is 4.98 Å². The van der Waals surface area contributed by atoms with Crippen LogP contribution in [0.25, 0.3) is 27.7 Å². The number of hydrogen-bond acceptors (Lipinski definition) is 5. The van der Waals surface area contributed by atoms with E-state index in [0.29, 0.717) is 28.1 Å². The van der Waals surface area contributed by atoms with E-state index in [1.807, 2.05) is 33.6 Å². The highest BCUT2D eigenvalue weighted by atomic mass is 19.1. The van der Waals surface area contributed by atoms with Crippen molar-refractivity contribution < 1.29 is 9.18 Å². The van der Waals surface area contributed by atoms with Gasteiger partial charge in [-0.15, -0.1) is 0 Å². The fourth-order valence-electron chi connectivity index (χ4n) is 3.95. The second kappa shape index (κ2) is 6.66. The van der Waals surface area contributed by atoms with Gasteiger partial charge in [-0.25, -0.2) is 14.4 Å². The van der Waals surface area contributed by atoms with Crippen LogP contribution in [0.2, 0.25) is 0 Å². The molecule has 0 spiro atoms. The maximum absolute atomic E-state index is 15.0. The third-order valence-corrected chi connectivity index (χ3v) is 5.55. The number of anilines is 1. The summed E-state index contributed by atoms with van der Waals surface area (Å²) in [7, 11) is 3.63. The molecule has 1 amide bonds. The van der Waals surface area contributed by atoms with Crippen LogP contribution in [0.4, 0.5) is 10.2 Å². The van der Waals surface area contributed by atoms with Gasteiger partial charge in [0.15, 0.2) is 17.3 Å². The zero-order valence-electron chi connectivity index (χ0n) is 16.3. The highest BCUT2D eigenvalue weighted by Crippen LogP contribution is 2.29. The number of imidazole rings is 1. The molecular weight excluding hydrogens is 371 g/mol. The first kappa shape index (κ1) is 17.8. The number of pyridine rings is 2. The molecule has 3 aromatic heterocycles. The predicted octanol–water partition coefficient (Wildman–Crippen LogP) is 2.29. The van der Waals surface area contributed by atoms with Gasteiger partial charge in [0.05, 0.1) is 16.6 Å². The average Bonchev–Trinajstić information content (AvgIpc) is 3.12. The largest absolute Gasteiger partial charge is 0.355 e. The summed E-state index contributed by atoms with van der Waals surface area (Å²) in [5.41, 5.74) is 3.10. The zero-order valence-corrected chi connectivity index (χ0v) is 16.3. The van der Waals surface area contributed by atoms with Gasteiger partial charge in [-0.05, 0) is 31.3 Å². The minimum Gasteiger partial charge on any atom is -0.355 e. The molecule has 0 aliphatic carbocycles. The maximum atomic E-state index is 15.0. The lowest BCUT2D eigenvalue weighted by Gasteiger charge is -2.33. The first-order valence-electron chi connectivity index (χ1n) is 9.63. The second-order valence-corrected chi connectivity index (χ2v) is 7.39. The fraction of sp³-hybridized carbons (Fsp3) is 0.286. The molecule has 8 heteroatoms. The van der Waals surface area contributed by atoms with Gasteiger partial charge in [-0.1, -0.05) is 12.1 Å². The van der Waals surface area contributed by atoms with Crippen molar-refractivity contribution in [3.63, 3.8) is 0 Å². The Hall–Kier alpha value is -3.26. The highest BCUT2D eigenvalue weighted by Gasteiger charge is 2.23. The molecule has 148 valence electrons. The van der Waals surface area contributed by atoms with Crippen molar-refractivity contribution in [2.75, 3.05) is 45.2 Å². The molecule has 0 radical (unpaired) electrons. The van der Waals surface area contributed by atoms with E-state index in [2.05, 4.69) is 22.2 Å². The molecule has 7 nitrogen and oxygen atoms in total. The van der Waals surface area contributed by atoms with Gasteiger partial charge >= 0.3 is 0 Å². The van der Waals surface area contributed by atoms with E-state index in [9.17, 15) is 4.79 Å². The fourth-order valence-corrected chi connectivity index (χ4v) is 3.95. The summed E-state index contributed by atoms with van der Waals surface area (Å²) in [6.45, 7) is 3.16. The first-order valence-corrected chi connectivity index (χ1v) is 9.63. The molecular formula is C21H21FN6O. The molecule has 1 fully saturated rings. The number of nitrogens with zero attached hydrogens (tertiary/aromatic N) is 5. The van der Waals surface area contributed by atoms with Crippen LogP contribution < -0.4 is 10.2 Å². The standard InChI is InChI=1S/C21H21FN6O/c1-23-21(29)14-11-13-12-15(22)20(27-9-7-26(2)8-10-27)25-18(13)28-17-6-4-3-5-16(17)24-19(14)28/h3-6,11-12H,7-10H2,1-2H3,(H,23,29). The topological polar surface area (TPSA) is 65.8 Å². The minimum absolute atomic E-state index is 0.268. The van der Waals surface area contributed by atoms with Gasteiger partial charge in [0, 0.05) is 38.6 Å². The number of fused-ring (bicyclic) bond motifs is 5. The number of rotatable bonds is 2. The van der Waals surface area contributed by atoms with Crippen LogP contribution in [0.1, 0.15) is 10.4 Å². The Balaban J connectivity index is 1.82. The normalized spacial score (nSPS) is 15.5. The van der Waals surface area contributed by atoms with E-state index in [-0.39, 0.29) is 11.7 Å². The molecule has 5 rings (SSSR count). The van der Waals surface area contributed by atoms with E-state index in [1.165, 1.54) is 6.07 Å².